The molecule has 0 atom stereocenters. The van der Waals surface area contributed by atoms with Crippen molar-refractivity contribution in [3.63, 3.8) is 0 Å². The van der Waals surface area contributed by atoms with E-state index in [4.69, 9.17) is 15.0 Å². The Kier molecular flexibility index (Phi) is 7.63. The smallest absolute Gasteiger partial charge is 0.164 e. The van der Waals surface area contributed by atoms with Crippen LogP contribution in [0.1, 0.15) is 54.4 Å². The molecule has 4 fully saturated rings. The SMILES string of the molecule is Cc1ccccc1-c1nc(-c2ccccc2)nc(-c2cccc(-c3ccc4c(c3)C3(c5cc(-c6cccc7ncc(C#N)cc67)ccc5-4)C4CC5CC(C4)CC3C5)c2)n1. The number of rotatable bonds is 5. The number of aryl methyl sites for hydroxylation is 1. The number of fused-ring (bicyclic) bond motifs is 4. The van der Waals surface area contributed by atoms with E-state index >= 15 is 0 Å². The highest BCUT2D eigenvalue weighted by molar-refractivity contribution is 5.97. The first kappa shape index (κ1) is 34.3. The van der Waals surface area contributed by atoms with Crippen LogP contribution in [0.5, 0.6) is 0 Å². The molecular formula is C54H41N5. The number of hydrogen-bond donors (Lipinski definition) is 0. The number of nitrogens with zero attached hydrogens (tertiary/aromatic N) is 5. The Morgan fingerprint density at radius 1 is 0.508 bits per heavy atom. The van der Waals surface area contributed by atoms with Crippen molar-refractivity contribution in [2.45, 2.75) is 44.4 Å². The molecule has 8 aromatic rings. The van der Waals surface area contributed by atoms with E-state index in [1.165, 1.54) is 65.5 Å². The van der Waals surface area contributed by atoms with Crippen molar-refractivity contribution in [1.29, 1.82) is 5.26 Å². The zero-order valence-corrected chi connectivity index (χ0v) is 32.9. The summed E-state index contributed by atoms with van der Waals surface area (Å²) in [5.41, 5.74) is 16.1. The molecule has 1 spiro atoms. The lowest BCUT2D eigenvalue weighted by atomic mass is 9.43. The molecule has 5 heteroatoms. The Labute approximate surface area is 344 Å². The molecule has 59 heavy (non-hydrogen) atoms. The second kappa shape index (κ2) is 13.1. The van der Waals surface area contributed by atoms with Crippen LogP contribution in [0, 0.1) is 41.9 Å². The van der Waals surface area contributed by atoms with Crippen molar-refractivity contribution >= 4 is 10.9 Å². The van der Waals surface area contributed by atoms with E-state index in [0.29, 0.717) is 34.9 Å². The van der Waals surface area contributed by atoms with E-state index in [1.54, 1.807) is 6.20 Å². The maximum atomic E-state index is 9.76. The van der Waals surface area contributed by atoms with Crippen LogP contribution < -0.4 is 0 Å². The Hall–Kier alpha value is -6.77. The molecule has 0 N–H and O–H groups in total. The van der Waals surface area contributed by atoms with E-state index in [-0.39, 0.29) is 5.41 Å². The van der Waals surface area contributed by atoms with E-state index in [2.05, 4.69) is 121 Å². The van der Waals surface area contributed by atoms with Crippen LogP contribution in [0.3, 0.4) is 0 Å². The van der Waals surface area contributed by atoms with Gasteiger partial charge < -0.3 is 0 Å². The summed E-state index contributed by atoms with van der Waals surface area (Å²) in [6, 6.07) is 52.4. The van der Waals surface area contributed by atoms with Crippen LogP contribution in [0.25, 0.3) is 78.4 Å². The zero-order chi connectivity index (χ0) is 39.2. The lowest BCUT2D eigenvalue weighted by molar-refractivity contribution is -0.0399. The Morgan fingerprint density at radius 2 is 1.10 bits per heavy atom. The second-order valence-electron chi connectivity index (χ2n) is 17.5. The lowest BCUT2D eigenvalue weighted by Gasteiger charge is -2.61. The van der Waals surface area contributed by atoms with Gasteiger partial charge in [-0.15, -0.1) is 0 Å². The van der Waals surface area contributed by atoms with Gasteiger partial charge in [-0.2, -0.15) is 5.26 Å². The monoisotopic (exact) mass is 759 g/mol. The quantitative estimate of drug-likeness (QED) is 0.175. The molecule has 5 nitrogen and oxygen atoms in total. The standard InChI is InChI=1S/C54H41N5/c1-32-9-5-6-14-43(32)53-58-51(36-10-3-2-4-11-36)57-52(59-53)40-13-7-12-37(27-40)38-17-19-45-46-20-18-39(44-15-8-16-50-47(44)26-35(30-55)31-56-50)29-49(46)54(48(45)28-38)41-22-33-21-34(24-41)25-42(54)23-33/h2-20,26-29,31,33-34,41-42H,21-25H2,1H3. The molecule has 6 aromatic carbocycles. The topological polar surface area (TPSA) is 75.3 Å². The number of hydrogen-bond acceptors (Lipinski definition) is 5. The van der Waals surface area contributed by atoms with Crippen LogP contribution in [0.2, 0.25) is 0 Å². The van der Waals surface area contributed by atoms with Gasteiger partial charge in [-0.25, -0.2) is 15.0 Å². The van der Waals surface area contributed by atoms with Crippen molar-refractivity contribution < 1.29 is 0 Å². The summed E-state index contributed by atoms with van der Waals surface area (Å²) in [4.78, 5) is 19.9. The van der Waals surface area contributed by atoms with E-state index in [0.717, 1.165) is 56.1 Å². The maximum Gasteiger partial charge on any atom is 0.164 e. The highest BCUT2D eigenvalue weighted by Gasteiger charge is 2.61. The normalized spacial score (nSPS) is 22.0. The molecule has 2 heterocycles. The summed E-state index contributed by atoms with van der Waals surface area (Å²) in [5, 5.41) is 10.8. The molecule has 0 aliphatic heterocycles. The van der Waals surface area contributed by atoms with Crippen LogP contribution in [-0.2, 0) is 5.41 Å². The molecule has 0 amide bonds. The summed E-state index contributed by atoms with van der Waals surface area (Å²) in [6.07, 6.45) is 8.33. The summed E-state index contributed by atoms with van der Waals surface area (Å²) in [5.74, 6) is 4.95. The van der Waals surface area contributed by atoms with Crippen molar-refractivity contribution in [3.05, 3.63) is 168 Å². The van der Waals surface area contributed by atoms with E-state index < -0.39 is 0 Å². The van der Waals surface area contributed by atoms with Gasteiger partial charge in [0.25, 0.3) is 0 Å². The van der Waals surface area contributed by atoms with Gasteiger partial charge in [-0.1, -0.05) is 109 Å². The van der Waals surface area contributed by atoms with Crippen molar-refractivity contribution in [2.75, 3.05) is 0 Å². The van der Waals surface area contributed by atoms with Crippen molar-refractivity contribution in [2.24, 2.45) is 23.7 Å². The summed E-state index contributed by atoms with van der Waals surface area (Å²) in [7, 11) is 0. The third-order valence-electron chi connectivity index (χ3n) is 14.3. The Bertz CT molecular complexity index is 3020. The predicted octanol–water partition coefficient (Wildman–Crippen LogP) is 12.7. The van der Waals surface area contributed by atoms with Crippen LogP contribution >= 0.6 is 0 Å². The second-order valence-corrected chi connectivity index (χ2v) is 17.5. The third kappa shape index (κ3) is 5.29. The maximum absolute atomic E-state index is 9.76. The van der Waals surface area contributed by atoms with Gasteiger partial charge in [0, 0.05) is 33.7 Å². The summed E-state index contributed by atoms with van der Waals surface area (Å²) in [6.45, 7) is 2.11. The van der Waals surface area contributed by atoms with Gasteiger partial charge >= 0.3 is 0 Å². The average molecular weight is 760 g/mol. The van der Waals surface area contributed by atoms with Crippen molar-refractivity contribution in [3.8, 4) is 73.6 Å². The first-order valence-electron chi connectivity index (χ1n) is 21.1. The number of aromatic nitrogens is 4. The van der Waals surface area contributed by atoms with Crippen LogP contribution in [-0.4, -0.2) is 19.9 Å². The van der Waals surface area contributed by atoms with Crippen LogP contribution in [0.4, 0.5) is 0 Å². The summed E-state index contributed by atoms with van der Waals surface area (Å²) >= 11 is 0. The largest absolute Gasteiger partial charge is 0.255 e. The average Bonchev–Trinajstić information content (AvgIpc) is 3.57. The summed E-state index contributed by atoms with van der Waals surface area (Å²) < 4.78 is 0. The number of nitriles is 1. The molecule has 13 rings (SSSR count). The fourth-order valence-electron chi connectivity index (χ4n) is 12.0. The van der Waals surface area contributed by atoms with E-state index in [1.807, 2.05) is 36.4 Å². The molecule has 4 bridgehead atoms. The molecule has 0 unspecified atom stereocenters. The molecule has 4 saturated carbocycles. The van der Waals surface area contributed by atoms with Crippen molar-refractivity contribution in [1.82, 2.24) is 19.9 Å². The molecule has 5 aliphatic carbocycles. The minimum atomic E-state index is -0.0242. The fraction of sp³-hybridized carbons (Fsp3) is 0.204. The number of benzene rings is 6. The minimum absolute atomic E-state index is 0.0242. The van der Waals surface area contributed by atoms with Gasteiger partial charge in [-0.05, 0) is 143 Å². The van der Waals surface area contributed by atoms with Crippen LogP contribution in [0.15, 0.2) is 146 Å². The Balaban J connectivity index is 1.000. The first-order valence-corrected chi connectivity index (χ1v) is 21.1. The highest BCUT2D eigenvalue weighted by atomic mass is 15.0. The minimum Gasteiger partial charge on any atom is -0.255 e. The molecule has 0 saturated heterocycles. The fourth-order valence-corrected chi connectivity index (χ4v) is 12.0. The van der Waals surface area contributed by atoms with Gasteiger partial charge in [0.05, 0.1) is 11.1 Å². The van der Waals surface area contributed by atoms with Gasteiger partial charge in [-0.3, -0.25) is 4.98 Å². The molecule has 0 radical (unpaired) electrons. The molecular weight excluding hydrogens is 719 g/mol. The van der Waals surface area contributed by atoms with Gasteiger partial charge in [0.1, 0.15) is 6.07 Å². The van der Waals surface area contributed by atoms with Gasteiger partial charge in [0.15, 0.2) is 17.5 Å². The molecule has 2 aromatic heterocycles. The highest BCUT2D eigenvalue weighted by Crippen LogP contribution is 2.69. The molecule has 282 valence electrons. The zero-order valence-electron chi connectivity index (χ0n) is 32.9. The lowest BCUT2D eigenvalue weighted by Crippen LogP contribution is -2.55. The predicted molar refractivity (Wildman–Crippen MR) is 235 cm³/mol. The Morgan fingerprint density at radius 3 is 1.85 bits per heavy atom. The third-order valence-corrected chi connectivity index (χ3v) is 14.3. The van der Waals surface area contributed by atoms with Gasteiger partial charge in [0.2, 0.25) is 0 Å². The molecule has 5 aliphatic rings. The van der Waals surface area contributed by atoms with E-state index in [9.17, 15) is 5.26 Å². The first-order chi connectivity index (χ1) is 29.0. The number of pyridine rings is 1.